The summed E-state index contributed by atoms with van der Waals surface area (Å²) in [6.07, 6.45) is 0. The first-order valence-corrected chi connectivity index (χ1v) is 4.27. The first-order chi connectivity index (χ1) is 5.75. The number of aromatic nitrogens is 1. The highest BCUT2D eigenvalue weighted by Crippen LogP contribution is 2.05. The van der Waals surface area contributed by atoms with Gasteiger partial charge in [-0.05, 0) is 11.6 Å². The molecule has 0 aliphatic rings. The molecule has 0 N–H and O–H groups in total. The molecule has 0 aliphatic heterocycles. The summed E-state index contributed by atoms with van der Waals surface area (Å²) in [7, 11) is 1.34. The van der Waals surface area contributed by atoms with E-state index >= 15 is 0 Å². The molecule has 13 heavy (non-hydrogen) atoms. The number of hydrogen-bond acceptors (Lipinski definition) is 5. The second-order valence-electron chi connectivity index (χ2n) is 1.77. The maximum absolute atomic E-state index is 10.8. The van der Waals surface area contributed by atoms with Crippen LogP contribution in [0.2, 0.25) is 0 Å². The molecule has 0 unspecified atom stereocenters. The van der Waals surface area contributed by atoms with Gasteiger partial charge in [0, 0.05) is 5.38 Å². The zero-order valence-corrected chi connectivity index (χ0v) is 8.95. The molecule has 7 heteroatoms. The third kappa shape index (κ3) is 3.30. The summed E-state index contributed by atoms with van der Waals surface area (Å²) in [5.74, 6) is 0. The van der Waals surface area contributed by atoms with E-state index in [0.29, 0.717) is 5.69 Å². The van der Waals surface area contributed by atoms with Crippen molar-refractivity contribution in [1.29, 1.82) is 0 Å². The lowest BCUT2D eigenvalue weighted by molar-refractivity contribution is -0.106. The normalized spacial score (nSPS) is 10.5. The van der Waals surface area contributed by atoms with Gasteiger partial charge in [0.25, 0.3) is 5.24 Å². The number of carbonyl (C=O) groups excluding carboxylic acids is 1. The van der Waals surface area contributed by atoms with Crippen LogP contribution in [0.1, 0.15) is 5.69 Å². The number of hydrogen-bond donors (Lipinski definition) is 0. The minimum atomic E-state index is -0.678. The maximum Gasteiger partial charge on any atom is 0.276 e. The Balaban J connectivity index is 0.00000144. The third-order valence-corrected chi connectivity index (χ3v) is 1.81. The second kappa shape index (κ2) is 5.90. The summed E-state index contributed by atoms with van der Waals surface area (Å²) >= 11 is 6.58. The van der Waals surface area contributed by atoms with Crippen LogP contribution >= 0.6 is 35.3 Å². The average molecular weight is 241 g/mol. The van der Waals surface area contributed by atoms with Gasteiger partial charge in [-0.1, -0.05) is 5.16 Å². The van der Waals surface area contributed by atoms with Crippen LogP contribution in [-0.4, -0.2) is 23.0 Å². The molecule has 0 amide bonds. The van der Waals surface area contributed by atoms with E-state index in [1.165, 1.54) is 18.4 Å². The zero-order valence-electron chi connectivity index (χ0n) is 6.56. The summed E-state index contributed by atoms with van der Waals surface area (Å²) < 4.78 is 0. The van der Waals surface area contributed by atoms with Crippen LogP contribution in [0.15, 0.2) is 16.0 Å². The van der Waals surface area contributed by atoms with Crippen LogP contribution in [0.25, 0.3) is 0 Å². The van der Waals surface area contributed by atoms with Crippen molar-refractivity contribution in [3.63, 3.8) is 0 Å². The van der Waals surface area contributed by atoms with Gasteiger partial charge >= 0.3 is 0 Å². The lowest BCUT2D eigenvalue weighted by Crippen LogP contribution is -2.10. The second-order valence-corrected chi connectivity index (χ2v) is 2.83. The van der Waals surface area contributed by atoms with E-state index < -0.39 is 5.24 Å². The first kappa shape index (κ1) is 12.3. The SMILES string of the molecule is CON=C(C(=O)Cl)c1cscn1.Cl. The topological polar surface area (TPSA) is 51.5 Å². The van der Waals surface area contributed by atoms with Crippen LogP contribution in [0.4, 0.5) is 0 Å². The van der Waals surface area contributed by atoms with Gasteiger partial charge in [0.1, 0.15) is 12.8 Å². The third-order valence-electron chi connectivity index (χ3n) is 1.04. The molecule has 0 radical (unpaired) electrons. The van der Waals surface area contributed by atoms with Crippen LogP contribution < -0.4 is 0 Å². The first-order valence-electron chi connectivity index (χ1n) is 2.95. The Morgan fingerprint density at radius 1 is 1.77 bits per heavy atom. The molecule has 1 aromatic rings. The maximum atomic E-state index is 10.8. The Hall–Kier alpha value is -0.650. The molecule has 0 aliphatic carbocycles. The quantitative estimate of drug-likeness (QED) is 0.459. The highest BCUT2D eigenvalue weighted by atomic mass is 35.5. The van der Waals surface area contributed by atoms with Gasteiger partial charge in [0.15, 0.2) is 5.71 Å². The molecule has 0 fully saturated rings. The van der Waals surface area contributed by atoms with Crippen molar-refractivity contribution >= 4 is 46.3 Å². The predicted molar refractivity (Wildman–Crippen MR) is 53.8 cm³/mol. The summed E-state index contributed by atoms with van der Waals surface area (Å²) in [6.45, 7) is 0. The minimum Gasteiger partial charge on any atom is -0.398 e. The van der Waals surface area contributed by atoms with Gasteiger partial charge < -0.3 is 4.84 Å². The van der Waals surface area contributed by atoms with Crippen LogP contribution in [0.3, 0.4) is 0 Å². The van der Waals surface area contributed by atoms with Gasteiger partial charge in [-0.2, -0.15) is 0 Å². The van der Waals surface area contributed by atoms with Gasteiger partial charge in [-0.25, -0.2) is 4.98 Å². The van der Waals surface area contributed by atoms with Crippen LogP contribution in [0.5, 0.6) is 0 Å². The van der Waals surface area contributed by atoms with Gasteiger partial charge in [0.05, 0.1) is 5.51 Å². The van der Waals surface area contributed by atoms with Gasteiger partial charge in [0.2, 0.25) is 0 Å². The van der Waals surface area contributed by atoms with Crippen LogP contribution in [-0.2, 0) is 9.63 Å². The smallest absolute Gasteiger partial charge is 0.276 e. The average Bonchev–Trinajstić information content (AvgIpc) is 2.51. The molecule has 1 aromatic heterocycles. The van der Waals surface area contributed by atoms with Crippen molar-refractivity contribution in [1.82, 2.24) is 4.98 Å². The van der Waals surface area contributed by atoms with Crippen molar-refractivity contribution in [3.8, 4) is 0 Å². The van der Waals surface area contributed by atoms with Crippen molar-refractivity contribution < 1.29 is 9.63 Å². The highest BCUT2D eigenvalue weighted by molar-refractivity contribution is 7.08. The van der Waals surface area contributed by atoms with Gasteiger partial charge in [-0.15, -0.1) is 23.7 Å². The Labute approximate surface area is 90.0 Å². The number of thiazole rings is 1. The molecule has 0 bridgehead atoms. The van der Waals surface area contributed by atoms with Crippen LogP contribution in [0, 0.1) is 0 Å². The number of rotatable bonds is 3. The predicted octanol–water partition coefficient (Wildman–Crippen LogP) is 1.68. The number of oxime groups is 1. The zero-order chi connectivity index (χ0) is 8.97. The Morgan fingerprint density at radius 2 is 2.46 bits per heavy atom. The largest absolute Gasteiger partial charge is 0.398 e. The Bertz CT molecular complexity index is 300. The fourth-order valence-corrected chi connectivity index (χ4v) is 1.27. The highest BCUT2D eigenvalue weighted by Gasteiger charge is 2.13. The minimum absolute atomic E-state index is 0. The van der Waals surface area contributed by atoms with E-state index in [2.05, 4.69) is 15.0 Å². The lowest BCUT2D eigenvalue weighted by atomic mass is 10.3. The molecule has 1 rings (SSSR count). The molecule has 4 nitrogen and oxygen atoms in total. The summed E-state index contributed by atoms with van der Waals surface area (Å²) in [6, 6.07) is 0. The Morgan fingerprint density at radius 3 is 2.85 bits per heavy atom. The molecule has 72 valence electrons. The molecule has 0 atom stereocenters. The van der Waals surface area contributed by atoms with Crippen molar-refractivity contribution in [2.45, 2.75) is 0 Å². The van der Waals surface area contributed by atoms with E-state index in [9.17, 15) is 4.79 Å². The lowest BCUT2D eigenvalue weighted by Gasteiger charge is -1.93. The monoisotopic (exact) mass is 240 g/mol. The standard InChI is InChI=1S/C6H5ClN2O2S.ClH/c1-11-9-5(6(7)10)4-2-12-3-8-4;/h2-3H,1H3;1H. The fourth-order valence-electron chi connectivity index (χ4n) is 0.604. The number of halogens is 2. The molecule has 0 aromatic carbocycles. The summed E-state index contributed by atoms with van der Waals surface area (Å²) in [4.78, 5) is 19.0. The molecule has 0 saturated carbocycles. The number of carbonyl (C=O) groups is 1. The molecule has 0 saturated heterocycles. The van der Waals surface area contributed by atoms with E-state index in [4.69, 9.17) is 11.6 Å². The molecule has 0 spiro atoms. The van der Waals surface area contributed by atoms with Crippen molar-refractivity contribution in [2.75, 3.05) is 7.11 Å². The van der Waals surface area contributed by atoms with E-state index in [-0.39, 0.29) is 18.1 Å². The molecular formula is C6H6Cl2N2O2S. The van der Waals surface area contributed by atoms with E-state index in [0.717, 1.165) is 0 Å². The molecular weight excluding hydrogens is 235 g/mol. The van der Waals surface area contributed by atoms with E-state index in [1.54, 1.807) is 10.9 Å². The summed E-state index contributed by atoms with van der Waals surface area (Å²) in [5.41, 5.74) is 2.04. The van der Waals surface area contributed by atoms with Crippen molar-refractivity contribution in [3.05, 3.63) is 16.6 Å². The van der Waals surface area contributed by atoms with Gasteiger partial charge in [-0.3, -0.25) is 4.79 Å². The van der Waals surface area contributed by atoms with E-state index in [1.807, 2.05) is 0 Å². The molecule has 1 heterocycles. The number of nitrogens with zero attached hydrogens (tertiary/aromatic N) is 2. The summed E-state index contributed by atoms with van der Waals surface area (Å²) in [5, 5.41) is 4.43. The fraction of sp³-hybridized carbons (Fsp3) is 0.167. The van der Waals surface area contributed by atoms with Crippen molar-refractivity contribution in [2.24, 2.45) is 5.16 Å². The Kier molecular flexibility index (Phi) is 5.61.